The summed E-state index contributed by atoms with van der Waals surface area (Å²) >= 11 is 3.45. The molecule has 140 valence electrons. The van der Waals surface area contributed by atoms with Gasteiger partial charge in [-0.2, -0.15) is 5.10 Å². The molecule has 3 N–H and O–H groups in total. The highest BCUT2D eigenvalue weighted by Gasteiger charge is 2.11. The molecule has 3 aromatic heterocycles. The van der Waals surface area contributed by atoms with Crippen LogP contribution in [0.1, 0.15) is 16.1 Å². The van der Waals surface area contributed by atoms with E-state index in [0.717, 1.165) is 21.4 Å². The second-order valence-corrected chi connectivity index (χ2v) is 6.64. The molecule has 0 aliphatic rings. The van der Waals surface area contributed by atoms with E-state index in [1.807, 2.05) is 29.8 Å². The fourth-order valence-electron chi connectivity index (χ4n) is 2.52. The Morgan fingerprint density at radius 3 is 3.07 bits per heavy atom. The van der Waals surface area contributed by atoms with Gasteiger partial charge in [0.2, 0.25) is 0 Å². The van der Waals surface area contributed by atoms with Crippen LogP contribution in [0.25, 0.3) is 5.52 Å². The maximum Gasteiger partial charge on any atom is 0.254 e. The molecule has 0 radical (unpaired) electrons. The summed E-state index contributed by atoms with van der Waals surface area (Å²) in [4.78, 5) is 16.8. The van der Waals surface area contributed by atoms with Crippen molar-refractivity contribution in [2.75, 3.05) is 7.05 Å². The number of nitrogens with one attached hydrogen (secondary N) is 3. The van der Waals surface area contributed by atoms with Crippen molar-refractivity contribution in [3.05, 3.63) is 77.5 Å². The number of rotatable bonds is 8. The molecule has 1 amide bonds. The number of pyridine rings is 1. The Labute approximate surface area is 165 Å². The van der Waals surface area contributed by atoms with Crippen LogP contribution in [0.3, 0.4) is 0 Å². The summed E-state index contributed by atoms with van der Waals surface area (Å²) in [6.07, 6.45) is 10.3. The van der Waals surface area contributed by atoms with Crippen LogP contribution in [0.2, 0.25) is 0 Å². The topological polar surface area (TPSA) is 88.3 Å². The Hall–Kier alpha value is -3.07. The minimum absolute atomic E-state index is 0.198. The van der Waals surface area contributed by atoms with Crippen molar-refractivity contribution in [1.29, 1.82) is 0 Å². The van der Waals surface area contributed by atoms with E-state index in [9.17, 15) is 4.79 Å². The summed E-state index contributed by atoms with van der Waals surface area (Å²) in [6, 6.07) is 3.90. The Morgan fingerprint density at radius 2 is 2.30 bits per heavy atom. The monoisotopic (exact) mass is 429 g/mol. The number of likely N-dealkylation sites (N-methyl/N-ethyl adjacent to an activating group) is 1. The van der Waals surface area contributed by atoms with Crippen molar-refractivity contribution in [2.24, 2.45) is 0 Å². The molecule has 3 rings (SSSR count). The van der Waals surface area contributed by atoms with Gasteiger partial charge in [-0.25, -0.2) is 4.98 Å². The maximum absolute atomic E-state index is 12.4. The highest BCUT2D eigenvalue weighted by Crippen LogP contribution is 2.16. The van der Waals surface area contributed by atoms with Crippen LogP contribution < -0.4 is 16.0 Å². The Bertz CT molecular complexity index is 989. The third-order valence-electron chi connectivity index (χ3n) is 3.92. The lowest BCUT2D eigenvalue weighted by Crippen LogP contribution is -2.22. The van der Waals surface area contributed by atoms with E-state index in [0.29, 0.717) is 18.7 Å². The SMILES string of the molecule is C=CN/C=C(/Cn1cc(C(=O)NCc2ncn3ccc(Br)cc23)cn1)NC. The van der Waals surface area contributed by atoms with Crippen molar-refractivity contribution in [1.82, 2.24) is 35.1 Å². The molecule has 27 heavy (non-hydrogen) atoms. The number of hydrogen-bond donors (Lipinski definition) is 3. The molecule has 0 spiro atoms. The van der Waals surface area contributed by atoms with E-state index in [2.05, 4.69) is 48.5 Å². The van der Waals surface area contributed by atoms with Crippen LogP contribution in [0.4, 0.5) is 0 Å². The maximum atomic E-state index is 12.4. The first-order chi connectivity index (χ1) is 13.1. The molecule has 0 atom stereocenters. The molecule has 3 aromatic rings. The third-order valence-corrected chi connectivity index (χ3v) is 4.41. The first-order valence-corrected chi connectivity index (χ1v) is 9.05. The van der Waals surface area contributed by atoms with Crippen LogP contribution in [0, 0.1) is 0 Å². The smallest absolute Gasteiger partial charge is 0.254 e. The quantitative estimate of drug-likeness (QED) is 0.509. The van der Waals surface area contributed by atoms with Gasteiger partial charge < -0.3 is 20.4 Å². The molecule has 8 nitrogen and oxygen atoms in total. The summed E-state index contributed by atoms with van der Waals surface area (Å²) in [5.41, 5.74) is 3.14. The lowest BCUT2D eigenvalue weighted by Gasteiger charge is -2.07. The van der Waals surface area contributed by atoms with E-state index >= 15 is 0 Å². The normalized spacial score (nSPS) is 11.4. The minimum atomic E-state index is -0.198. The van der Waals surface area contributed by atoms with Crippen LogP contribution in [0.5, 0.6) is 0 Å². The fraction of sp³-hybridized carbons (Fsp3) is 0.167. The molecule has 3 heterocycles. The first-order valence-electron chi connectivity index (χ1n) is 8.26. The predicted octanol–water partition coefficient (Wildman–Crippen LogP) is 2.02. The van der Waals surface area contributed by atoms with E-state index in [1.165, 1.54) is 0 Å². The van der Waals surface area contributed by atoms with Crippen molar-refractivity contribution < 1.29 is 4.79 Å². The van der Waals surface area contributed by atoms with Crippen molar-refractivity contribution in [2.45, 2.75) is 13.1 Å². The molecule has 0 aromatic carbocycles. The number of aromatic nitrogens is 4. The lowest BCUT2D eigenvalue weighted by molar-refractivity contribution is 0.0950. The van der Waals surface area contributed by atoms with E-state index < -0.39 is 0 Å². The molecule has 0 aliphatic heterocycles. The summed E-state index contributed by atoms with van der Waals surface area (Å²) in [7, 11) is 1.82. The number of nitrogens with zero attached hydrogens (tertiary/aromatic N) is 4. The van der Waals surface area contributed by atoms with E-state index in [1.54, 1.807) is 35.8 Å². The predicted molar refractivity (Wildman–Crippen MR) is 107 cm³/mol. The molecular weight excluding hydrogens is 410 g/mol. The first kappa shape index (κ1) is 18.7. The zero-order valence-electron chi connectivity index (χ0n) is 14.8. The number of allylic oxidation sites excluding steroid dienone is 1. The van der Waals surface area contributed by atoms with Crippen LogP contribution in [0.15, 0.2) is 66.2 Å². The molecule has 0 aliphatic carbocycles. The third kappa shape index (κ3) is 4.56. The summed E-state index contributed by atoms with van der Waals surface area (Å²) in [6.45, 7) is 4.44. The number of carbonyl (C=O) groups excluding carboxylic acids is 1. The van der Waals surface area contributed by atoms with Gasteiger partial charge in [0, 0.05) is 35.8 Å². The second-order valence-electron chi connectivity index (χ2n) is 5.73. The Morgan fingerprint density at radius 1 is 1.44 bits per heavy atom. The van der Waals surface area contributed by atoms with Crippen LogP contribution in [-0.2, 0) is 13.1 Å². The molecule has 0 unspecified atom stereocenters. The fourth-order valence-corrected chi connectivity index (χ4v) is 2.85. The van der Waals surface area contributed by atoms with E-state index in [4.69, 9.17) is 0 Å². The summed E-state index contributed by atoms with van der Waals surface area (Å²) in [5.74, 6) is -0.198. The molecule has 0 bridgehead atoms. The second kappa shape index (κ2) is 8.54. The molecule has 0 fully saturated rings. The van der Waals surface area contributed by atoms with Crippen molar-refractivity contribution in [3.8, 4) is 0 Å². The number of carbonyl (C=O) groups is 1. The number of fused-ring (bicyclic) bond motifs is 1. The molecule has 0 saturated heterocycles. The molecule has 9 heteroatoms. The largest absolute Gasteiger partial charge is 0.389 e. The number of hydrogen-bond acceptors (Lipinski definition) is 5. The van der Waals surface area contributed by atoms with Gasteiger partial charge in [-0.15, -0.1) is 0 Å². The number of amides is 1. The number of halogens is 1. The summed E-state index contributed by atoms with van der Waals surface area (Å²) in [5, 5.41) is 13.1. The molecule has 0 saturated carbocycles. The zero-order valence-corrected chi connectivity index (χ0v) is 16.4. The minimum Gasteiger partial charge on any atom is -0.389 e. The van der Waals surface area contributed by atoms with Crippen LogP contribution in [-0.4, -0.2) is 32.1 Å². The zero-order chi connectivity index (χ0) is 19.2. The van der Waals surface area contributed by atoms with Gasteiger partial charge in [-0.05, 0) is 18.3 Å². The standard InChI is InChI=1S/C18H20BrN7O/c1-3-21-8-15(20-2)11-26-10-13(7-24-26)18(27)22-9-16-17-6-14(19)4-5-25(17)12-23-16/h3-8,10,12,20-21H,1,9,11H2,2H3,(H,22,27)/b15-8-. The van der Waals surface area contributed by atoms with Gasteiger partial charge in [-0.1, -0.05) is 22.5 Å². The summed E-state index contributed by atoms with van der Waals surface area (Å²) < 4.78 is 4.56. The van der Waals surface area contributed by atoms with Gasteiger partial charge in [0.25, 0.3) is 5.91 Å². The van der Waals surface area contributed by atoms with Gasteiger partial charge in [0.1, 0.15) is 0 Å². The average Bonchev–Trinajstić information content (AvgIpc) is 3.30. The van der Waals surface area contributed by atoms with Gasteiger partial charge in [0.05, 0.1) is 42.4 Å². The highest BCUT2D eigenvalue weighted by molar-refractivity contribution is 9.10. The van der Waals surface area contributed by atoms with Crippen LogP contribution >= 0.6 is 15.9 Å². The Kier molecular flexibility index (Phi) is 5.92. The Balaban J connectivity index is 1.64. The highest BCUT2D eigenvalue weighted by atomic mass is 79.9. The van der Waals surface area contributed by atoms with Gasteiger partial charge >= 0.3 is 0 Å². The van der Waals surface area contributed by atoms with Crippen molar-refractivity contribution >= 4 is 27.4 Å². The van der Waals surface area contributed by atoms with Gasteiger partial charge in [0.15, 0.2) is 0 Å². The van der Waals surface area contributed by atoms with Crippen molar-refractivity contribution in [3.63, 3.8) is 0 Å². The number of imidazole rings is 1. The van der Waals surface area contributed by atoms with Gasteiger partial charge in [-0.3, -0.25) is 9.48 Å². The molecular formula is C18H20BrN7O. The average molecular weight is 430 g/mol. The van der Waals surface area contributed by atoms with E-state index in [-0.39, 0.29) is 5.91 Å². The lowest BCUT2D eigenvalue weighted by atomic mass is 10.3.